The molecule has 0 unspecified atom stereocenters. The summed E-state index contributed by atoms with van der Waals surface area (Å²) in [5.74, 6) is 0.616. The lowest BCUT2D eigenvalue weighted by Gasteiger charge is -2.10. The zero-order valence-corrected chi connectivity index (χ0v) is 8.54. The van der Waals surface area contributed by atoms with Gasteiger partial charge >= 0.3 is 0 Å². The van der Waals surface area contributed by atoms with Crippen molar-refractivity contribution in [1.82, 2.24) is 5.32 Å². The molecular weight excluding hydrogens is 160 g/mol. The van der Waals surface area contributed by atoms with E-state index in [1.54, 1.807) is 0 Å². The minimum Gasteiger partial charge on any atom is -0.386 e. The molecule has 1 N–H and O–H groups in total. The van der Waals surface area contributed by atoms with Gasteiger partial charge in [-0.2, -0.15) is 0 Å². The topological polar surface area (TPSA) is 26.1 Å². The Labute approximate surface area is 80.4 Å². The van der Waals surface area contributed by atoms with Gasteiger partial charge in [-0.1, -0.05) is 26.0 Å². The van der Waals surface area contributed by atoms with Crippen LogP contribution in [0.1, 0.15) is 13.8 Å². The Hall–Kier alpha value is -1.18. The molecule has 2 nitrogen and oxygen atoms in total. The molecule has 0 aliphatic rings. The number of hydrogen-bond acceptors (Lipinski definition) is 1. The summed E-state index contributed by atoms with van der Waals surface area (Å²) in [6, 6.07) is 8.10. The smallest absolute Gasteiger partial charge is 0.0805 e. The van der Waals surface area contributed by atoms with Gasteiger partial charge in [0.15, 0.2) is 0 Å². The van der Waals surface area contributed by atoms with Crippen LogP contribution in [-0.4, -0.2) is 13.6 Å². The quantitative estimate of drug-likeness (QED) is 0.751. The third-order valence-corrected chi connectivity index (χ3v) is 1.80. The second-order valence-corrected chi connectivity index (χ2v) is 3.50. The fourth-order valence-corrected chi connectivity index (χ4v) is 1.10. The summed E-state index contributed by atoms with van der Waals surface area (Å²) in [5, 5.41) is 7.64. The van der Waals surface area contributed by atoms with Crippen molar-refractivity contribution in [3.8, 4) is 0 Å². The number of nitrogens with zero attached hydrogens (tertiary/aromatic N) is 1. The van der Waals surface area contributed by atoms with E-state index in [1.807, 2.05) is 31.3 Å². The van der Waals surface area contributed by atoms with E-state index in [-0.39, 0.29) is 0 Å². The van der Waals surface area contributed by atoms with Crippen LogP contribution in [0.4, 0.5) is 11.4 Å². The predicted molar refractivity (Wildman–Crippen MR) is 57.5 cm³/mol. The highest BCUT2D eigenvalue weighted by Gasteiger charge is 2.01. The van der Waals surface area contributed by atoms with Gasteiger partial charge in [-0.3, -0.25) is 5.32 Å². The van der Waals surface area contributed by atoms with Crippen LogP contribution in [0, 0.1) is 5.92 Å². The number of anilines is 1. The first-order chi connectivity index (χ1) is 6.24. The van der Waals surface area contributed by atoms with Crippen molar-refractivity contribution >= 4 is 11.4 Å². The monoisotopic (exact) mass is 177 g/mol. The maximum atomic E-state index is 4.51. The van der Waals surface area contributed by atoms with E-state index < -0.39 is 0 Å². The molecule has 0 amide bonds. The molecule has 0 bridgehead atoms. The van der Waals surface area contributed by atoms with Crippen molar-refractivity contribution in [3.05, 3.63) is 24.3 Å². The minimum atomic E-state index is 0.616. The average Bonchev–Trinajstić information content (AvgIpc) is 2.15. The normalized spacial score (nSPS) is 10.2. The maximum absolute atomic E-state index is 4.51. The van der Waals surface area contributed by atoms with Crippen LogP contribution in [0.3, 0.4) is 0 Å². The molecular formula is C11H17N2. The molecule has 0 aliphatic carbocycles. The molecule has 2 heteroatoms. The van der Waals surface area contributed by atoms with Crippen LogP contribution < -0.4 is 10.6 Å². The molecule has 0 heterocycles. The van der Waals surface area contributed by atoms with Crippen molar-refractivity contribution in [1.29, 1.82) is 0 Å². The minimum absolute atomic E-state index is 0.616. The standard InChI is InChI=1S/C11H17N2/c1-9(2)8-13-11-7-5-4-6-10(11)12-3/h4-7,9,12H,8H2,1-3H3. The molecule has 1 radical (unpaired) electrons. The van der Waals surface area contributed by atoms with Crippen LogP contribution in [0.5, 0.6) is 0 Å². The summed E-state index contributed by atoms with van der Waals surface area (Å²) in [7, 11) is 1.92. The first-order valence-corrected chi connectivity index (χ1v) is 4.68. The molecule has 1 aromatic rings. The third-order valence-electron chi connectivity index (χ3n) is 1.80. The Morgan fingerprint density at radius 1 is 1.31 bits per heavy atom. The summed E-state index contributed by atoms with van der Waals surface area (Å²) >= 11 is 0. The summed E-state index contributed by atoms with van der Waals surface area (Å²) in [6.45, 7) is 5.23. The molecule has 0 fully saturated rings. The van der Waals surface area contributed by atoms with Gasteiger partial charge < -0.3 is 5.32 Å². The van der Waals surface area contributed by atoms with Crippen molar-refractivity contribution < 1.29 is 0 Å². The highest BCUT2D eigenvalue weighted by molar-refractivity contribution is 5.64. The number of rotatable bonds is 4. The highest BCUT2D eigenvalue weighted by Crippen LogP contribution is 2.20. The molecule has 0 saturated carbocycles. The Morgan fingerprint density at radius 2 is 2.00 bits per heavy atom. The summed E-state index contributed by atoms with van der Waals surface area (Å²) in [5.41, 5.74) is 2.15. The Kier molecular flexibility index (Phi) is 3.62. The van der Waals surface area contributed by atoms with Crippen LogP contribution in [0.25, 0.3) is 0 Å². The fourth-order valence-electron chi connectivity index (χ4n) is 1.10. The van der Waals surface area contributed by atoms with Crippen LogP contribution in [0.15, 0.2) is 24.3 Å². The van der Waals surface area contributed by atoms with Gasteiger partial charge in [0.05, 0.1) is 11.4 Å². The van der Waals surface area contributed by atoms with E-state index >= 15 is 0 Å². The van der Waals surface area contributed by atoms with Gasteiger partial charge in [-0.15, -0.1) is 0 Å². The lowest BCUT2D eigenvalue weighted by atomic mass is 10.2. The molecule has 0 spiro atoms. The number of nitrogens with one attached hydrogen (secondary N) is 1. The van der Waals surface area contributed by atoms with Gasteiger partial charge in [0.2, 0.25) is 0 Å². The molecule has 0 saturated heterocycles. The molecule has 0 aromatic heterocycles. The number of benzene rings is 1. The van der Waals surface area contributed by atoms with Gasteiger partial charge in [0.1, 0.15) is 0 Å². The van der Waals surface area contributed by atoms with E-state index in [0.717, 1.165) is 17.9 Å². The van der Waals surface area contributed by atoms with E-state index in [2.05, 4.69) is 24.5 Å². The van der Waals surface area contributed by atoms with E-state index in [4.69, 9.17) is 0 Å². The lowest BCUT2D eigenvalue weighted by molar-refractivity contribution is 0.609. The van der Waals surface area contributed by atoms with E-state index in [0.29, 0.717) is 5.92 Å². The third kappa shape index (κ3) is 2.98. The average molecular weight is 177 g/mol. The molecule has 71 valence electrons. The fraction of sp³-hybridized carbons (Fsp3) is 0.455. The lowest BCUT2D eigenvalue weighted by Crippen LogP contribution is -2.08. The summed E-state index contributed by atoms with van der Waals surface area (Å²) in [6.07, 6.45) is 0. The first kappa shape index (κ1) is 9.90. The summed E-state index contributed by atoms with van der Waals surface area (Å²) < 4.78 is 0. The van der Waals surface area contributed by atoms with Crippen molar-refractivity contribution in [2.24, 2.45) is 5.92 Å². The SMILES string of the molecule is CNc1ccccc1[N]CC(C)C. The summed E-state index contributed by atoms with van der Waals surface area (Å²) in [4.78, 5) is 0. The Bertz CT molecular complexity index is 256. The van der Waals surface area contributed by atoms with Gasteiger partial charge in [0, 0.05) is 13.6 Å². The first-order valence-electron chi connectivity index (χ1n) is 4.68. The van der Waals surface area contributed by atoms with Crippen LogP contribution in [0.2, 0.25) is 0 Å². The molecule has 13 heavy (non-hydrogen) atoms. The zero-order valence-electron chi connectivity index (χ0n) is 8.54. The Balaban J connectivity index is 2.64. The van der Waals surface area contributed by atoms with Crippen molar-refractivity contribution in [3.63, 3.8) is 0 Å². The molecule has 0 aliphatic heterocycles. The van der Waals surface area contributed by atoms with Crippen molar-refractivity contribution in [2.45, 2.75) is 13.8 Å². The maximum Gasteiger partial charge on any atom is 0.0805 e. The zero-order chi connectivity index (χ0) is 9.68. The van der Waals surface area contributed by atoms with Crippen molar-refractivity contribution in [2.75, 3.05) is 18.9 Å². The predicted octanol–water partition coefficient (Wildman–Crippen LogP) is 2.62. The van der Waals surface area contributed by atoms with E-state index in [9.17, 15) is 0 Å². The number of hydrogen-bond donors (Lipinski definition) is 1. The second-order valence-electron chi connectivity index (χ2n) is 3.50. The molecule has 1 aromatic carbocycles. The molecule has 1 rings (SSSR count). The van der Waals surface area contributed by atoms with Crippen LogP contribution in [-0.2, 0) is 0 Å². The second kappa shape index (κ2) is 4.75. The Morgan fingerprint density at radius 3 is 2.62 bits per heavy atom. The largest absolute Gasteiger partial charge is 0.386 e. The van der Waals surface area contributed by atoms with Gasteiger partial charge in [-0.05, 0) is 18.1 Å². The highest BCUT2D eigenvalue weighted by atomic mass is 14.9. The number of para-hydroxylation sites is 2. The van der Waals surface area contributed by atoms with Gasteiger partial charge in [0.25, 0.3) is 0 Å². The van der Waals surface area contributed by atoms with Crippen LogP contribution >= 0.6 is 0 Å². The van der Waals surface area contributed by atoms with Gasteiger partial charge in [-0.25, -0.2) is 0 Å². The van der Waals surface area contributed by atoms with E-state index in [1.165, 1.54) is 0 Å². The molecule has 0 atom stereocenters.